The number of rotatable bonds is 5. The van der Waals surface area contributed by atoms with E-state index in [1.165, 1.54) is 0 Å². The monoisotopic (exact) mass is 558 g/mol. The Labute approximate surface area is 212 Å². The lowest BCUT2D eigenvalue weighted by Crippen LogP contribution is -2.10. The summed E-state index contributed by atoms with van der Waals surface area (Å²) >= 11 is 8.93. The van der Waals surface area contributed by atoms with Crippen molar-refractivity contribution in [2.45, 2.75) is 0 Å². The van der Waals surface area contributed by atoms with Gasteiger partial charge in [-0.1, -0.05) is 66.2 Å². The maximum absolute atomic E-state index is 6.55. The Bertz CT molecular complexity index is 1370. The van der Waals surface area contributed by atoms with Crippen molar-refractivity contribution in [1.29, 1.82) is 0 Å². The Morgan fingerprint density at radius 2 is 1.27 bits per heavy atom. The molecule has 160 valence electrons. The highest BCUT2D eigenvalue weighted by molar-refractivity contribution is 14.1. The van der Waals surface area contributed by atoms with Gasteiger partial charge < -0.3 is 4.90 Å². The number of pyridine rings is 1. The van der Waals surface area contributed by atoms with E-state index in [1.807, 2.05) is 48.7 Å². The lowest BCUT2D eigenvalue weighted by Gasteiger charge is -2.26. The van der Waals surface area contributed by atoms with E-state index in [9.17, 15) is 0 Å². The molecule has 0 aliphatic heterocycles. The van der Waals surface area contributed by atoms with E-state index in [-0.39, 0.29) is 0 Å². The Balaban J connectivity index is 1.62. The third kappa shape index (κ3) is 4.65. The van der Waals surface area contributed by atoms with Gasteiger partial charge in [0.1, 0.15) is 0 Å². The van der Waals surface area contributed by atoms with Crippen LogP contribution in [0, 0.1) is 3.57 Å². The molecule has 5 rings (SSSR count). The Kier molecular flexibility index (Phi) is 6.42. The zero-order valence-electron chi connectivity index (χ0n) is 17.7. The summed E-state index contributed by atoms with van der Waals surface area (Å²) in [4.78, 5) is 6.74. The average molecular weight is 559 g/mol. The number of hydrogen-bond donors (Lipinski definition) is 0. The van der Waals surface area contributed by atoms with Gasteiger partial charge in [0.2, 0.25) is 0 Å². The molecule has 0 unspecified atom stereocenters. The average Bonchev–Trinajstić information content (AvgIpc) is 2.87. The second-order valence-electron chi connectivity index (χ2n) is 7.58. The highest BCUT2D eigenvalue weighted by atomic mass is 127. The van der Waals surface area contributed by atoms with Crippen LogP contribution >= 0.6 is 34.2 Å². The van der Waals surface area contributed by atoms with E-state index in [0.29, 0.717) is 0 Å². The lowest BCUT2D eigenvalue weighted by molar-refractivity contribution is 1.27. The van der Waals surface area contributed by atoms with Crippen LogP contribution in [0.2, 0.25) is 5.02 Å². The SMILES string of the molecule is Clc1ccccc1-c1cc(N(c2ccccc2)c2ccc(-c3ccccn3)cc2)ccc1I. The van der Waals surface area contributed by atoms with Crippen molar-refractivity contribution >= 4 is 51.3 Å². The van der Waals surface area contributed by atoms with Crippen LogP contribution in [0.5, 0.6) is 0 Å². The van der Waals surface area contributed by atoms with Crippen molar-refractivity contribution in [2.75, 3.05) is 4.90 Å². The van der Waals surface area contributed by atoms with Gasteiger partial charge in [0.05, 0.1) is 5.69 Å². The predicted octanol–water partition coefficient (Wildman–Crippen LogP) is 9.14. The number of nitrogens with zero attached hydrogens (tertiary/aromatic N) is 2. The van der Waals surface area contributed by atoms with Gasteiger partial charge in [0.25, 0.3) is 0 Å². The number of benzene rings is 4. The molecule has 0 fully saturated rings. The fourth-order valence-corrected chi connectivity index (χ4v) is 4.74. The van der Waals surface area contributed by atoms with Crippen molar-refractivity contribution in [3.05, 3.63) is 130 Å². The molecule has 0 aliphatic rings. The number of para-hydroxylation sites is 1. The molecule has 0 amide bonds. The van der Waals surface area contributed by atoms with Crippen LogP contribution < -0.4 is 4.90 Å². The van der Waals surface area contributed by atoms with E-state index in [1.54, 1.807) is 0 Å². The molecule has 0 saturated carbocycles. The van der Waals surface area contributed by atoms with Crippen LogP contribution in [0.1, 0.15) is 0 Å². The molecular weight excluding hydrogens is 539 g/mol. The molecule has 5 aromatic rings. The first-order valence-electron chi connectivity index (χ1n) is 10.6. The molecule has 0 radical (unpaired) electrons. The van der Waals surface area contributed by atoms with E-state index in [0.717, 1.165) is 48.0 Å². The summed E-state index contributed by atoms with van der Waals surface area (Å²) in [5.74, 6) is 0. The van der Waals surface area contributed by atoms with Gasteiger partial charge in [-0.05, 0) is 88.8 Å². The smallest absolute Gasteiger partial charge is 0.0701 e. The summed E-state index contributed by atoms with van der Waals surface area (Å²) in [5.41, 5.74) is 7.44. The summed E-state index contributed by atoms with van der Waals surface area (Å²) in [6.45, 7) is 0. The standard InChI is InChI=1S/C29H20ClIN2/c30-27-11-5-4-10-25(27)26-20-24(17-18-28(26)31)33(22-8-2-1-3-9-22)23-15-13-21(14-16-23)29-12-6-7-19-32-29/h1-20H. The fraction of sp³-hybridized carbons (Fsp3) is 0. The van der Waals surface area contributed by atoms with Gasteiger partial charge in [0, 0.05) is 43.0 Å². The first-order valence-corrected chi connectivity index (χ1v) is 12.1. The third-order valence-corrected chi connectivity index (χ3v) is 6.74. The number of aromatic nitrogens is 1. The van der Waals surface area contributed by atoms with Gasteiger partial charge in [-0.3, -0.25) is 4.98 Å². The second-order valence-corrected chi connectivity index (χ2v) is 9.15. The normalized spacial score (nSPS) is 10.7. The van der Waals surface area contributed by atoms with Crippen molar-refractivity contribution in [1.82, 2.24) is 4.98 Å². The molecule has 4 aromatic carbocycles. The van der Waals surface area contributed by atoms with Gasteiger partial charge in [-0.25, -0.2) is 0 Å². The van der Waals surface area contributed by atoms with Crippen molar-refractivity contribution in [2.24, 2.45) is 0 Å². The van der Waals surface area contributed by atoms with Crippen molar-refractivity contribution in [3.8, 4) is 22.4 Å². The second kappa shape index (κ2) is 9.77. The lowest BCUT2D eigenvalue weighted by atomic mass is 10.0. The van der Waals surface area contributed by atoms with Crippen LogP contribution in [-0.2, 0) is 0 Å². The van der Waals surface area contributed by atoms with Crippen LogP contribution in [0.15, 0.2) is 121 Å². The molecule has 1 heterocycles. The quantitative estimate of drug-likeness (QED) is 0.200. The maximum atomic E-state index is 6.55. The molecule has 0 saturated heterocycles. The van der Waals surface area contributed by atoms with Gasteiger partial charge >= 0.3 is 0 Å². The highest BCUT2D eigenvalue weighted by Gasteiger charge is 2.16. The van der Waals surface area contributed by atoms with E-state index in [4.69, 9.17) is 11.6 Å². The largest absolute Gasteiger partial charge is 0.310 e. The molecule has 0 spiro atoms. The zero-order valence-corrected chi connectivity index (χ0v) is 20.6. The molecule has 0 bridgehead atoms. The predicted molar refractivity (Wildman–Crippen MR) is 148 cm³/mol. The summed E-state index contributed by atoms with van der Waals surface area (Å²) in [6, 6.07) is 39.4. The minimum atomic E-state index is 0.749. The summed E-state index contributed by atoms with van der Waals surface area (Å²) in [6.07, 6.45) is 1.82. The Morgan fingerprint density at radius 1 is 0.606 bits per heavy atom. The van der Waals surface area contributed by atoms with Crippen LogP contribution in [0.3, 0.4) is 0 Å². The summed E-state index contributed by atoms with van der Waals surface area (Å²) in [5, 5.41) is 0.749. The molecular formula is C29H20ClIN2. The maximum Gasteiger partial charge on any atom is 0.0701 e. The zero-order chi connectivity index (χ0) is 22.6. The summed E-state index contributed by atoms with van der Waals surface area (Å²) < 4.78 is 1.16. The number of hydrogen-bond acceptors (Lipinski definition) is 2. The molecule has 33 heavy (non-hydrogen) atoms. The van der Waals surface area contributed by atoms with E-state index < -0.39 is 0 Å². The van der Waals surface area contributed by atoms with Crippen molar-refractivity contribution < 1.29 is 0 Å². The van der Waals surface area contributed by atoms with Gasteiger partial charge in [0.15, 0.2) is 0 Å². The molecule has 4 heteroatoms. The third-order valence-electron chi connectivity index (χ3n) is 5.47. The minimum absolute atomic E-state index is 0.749. The molecule has 2 nitrogen and oxygen atoms in total. The first kappa shape index (κ1) is 21.7. The summed E-state index contributed by atoms with van der Waals surface area (Å²) in [7, 11) is 0. The molecule has 0 atom stereocenters. The fourth-order valence-electron chi connectivity index (χ4n) is 3.88. The Hall–Kier alpha value is -3.15. The van der Waals surface area contributed by atoms with Crippen LogP contribution in [0.4, 0.5) is 17.1 Å². The number of anilines is 3. The topological polar surface area (TPSA) is 16.1 Å². The van der Waals surface area contributed by atoms with Crippen LogP contribution in [-0.4, -0.2) is 4.98 Å². The van der Waals surface area contributed by atoms with Gasteiger partial charge in [-0.2, -0.15) is 0 Å². The van der Waals surface area contributed by atoms with Crippen molar-refractivity contribution in [3.63, 3.8) is 0 Å². The Morgan fingerprint density at radius 3 is 2.00 bits per heavy atom. The van der Waals surface area contributed by atoms with Crippen LogP contribution in [0.25, 0.3) is 22.4 Å². The first-order chi connectivity index (χ1) is 16.2. The van der Waals surface area contributed by atoms with E-state index in [2.05, 4.69) is 105 Å². The van der Waals surface area contributed by atoms with E-state index >= 15 is 0 Å². The van der Waals surface area contributed by atoms with Gasteiger partial charge in [-0.15, -0.1) is 0 Å². The molecule has 1 aromatic heterocycles. The number of halogens is 2. The highest BCUT2D eigenvalue weighted by Crippen LogP contribution is 2.39. The minimum Gasteiger partial charge on any atom is -0.310 e. The molecule has 0 aliphatic carbocycles. The molecule has 0 N–H and O–H groups in total.